The number of hydrogen-bond donors (Lipinski definition) is 2. The summed E-state index contributed by atoms with van der Waals surface area (Å²) in [5, 5.41) is 7.78. The van der Waals surface area contributed by atoms with E-state index in [1.54, 1.807) is 37.3 Å². The molecule has 4 aromatic rings. The largest absolute Gasteiger partial charge is 0.322 e. The number of carbonyl (C=O) groups excluding carboxylic acids is 2. The van der Waals surface area contributed by atoms with Gasteiger partial charge in [-0.05, 0) is 55.0 Å². The summed E-state index contributed by atoms with van der Waals surface area (Å²) in [6.07, 6.45) is 0. The van der Waals surface area contributed by atoms with Gasteiger partial charge in [-0.25, -0.2) is 0 Å². The second kappa shape index (κ2) is 8.89. The molecule has 0 saturated carbocycles. The molecule has 31 heavy (non-hydrogen) atoms. The predicted octanol–water partition coefficient (Wildman–Crippen LogP) is 7.67. The SMILES string of the molecule is Cc1cc(NC(=O)c2sc3ccccc3c2Cl)c(C(=O)Nc2ccc(Cl)cc2)cc1Cl. The zero-order valence-corrected chi connectivity index (χ0v) is 19.2. The first-order valence-corrected chi connectivity index (χ1v) is 11.1. The van der Waals surface area contributed by atoms with E-state index in [9.17, 15) is 9.59 Å². The van der Waals surface area contributed by atoms with Crippen LogP contribution in [-0.4, -0.2) is 11.8 Å². The van der Waals surface area contributed by atoms with Crippen LogP contribution < -0.4 is 10.6 Å². The number of fused-ring (bicyclic) bond motifs is 1. The number of carbonyl (C=O) groups is 2. The molecule has 0 aliphatic rings. The van der Waals surface area contributed by atoms with E-state index in [-0.39, 0.29) is 5.56 Å². The van der Waals surface area contributed by atoms with Crippen molar-refractivity contribution in [3.63, 3.8) is 0 Å². The summed E-state index contributed by atoms with van der Waals surface area (Å²) in [5.41, 5.74) is 1.86. The van der Waals surface area contributed by atoms with Gasteiger partial charge in [0.1, 0.15) is 4.88 Å². The molecule has 0 saturated heterocycles. The summed E-state index contributed by atoms with van der Waals surface area (Å²) < 4.78 is 0.908. The van der Waals surface area contributed by atoms with Gasteiger partial charge in [-0.15, -0.1) is 11.3 Å². The first kappa shape index (κ1) is 21.7. The Balaban J connectivity index is 1.66. The zero-order valence-electron chi connectivity index (χ0n) is 16.1. The fourth-order valence-corrected chi connectivity index (χ4v) is 4.75. The average molecular weight is 490 g/mol. The van der Waals surface area contributed by atoms with Gasteiger partial charge in [-0.1, -0.05) is 53.0 Å². The molecule has 3 aromatic carbocycles. The van der Waals surface area contributed by atoms with Gasteiger partial charge < -0.3 is 10.6 Å². The van der Waals surface area contributed by atoms with E-state index in [0.29, 0.717) is 31.3 Å². The Morgan fingerprint density at radius 2 is 1.58 bits per heavy atom. The third-order valence-corrected chi connectivity index (χ3v) is 6.97. The lowest BCUT2D eigenvalue weighted by atomic mass is 10.1. The van der Waals surface area contributed by atoms with E-state index in [1.165, 1.54) is 17.4 Å². The molecule has 1 aromatic heterocycles. The molecule has 2 amide bonds. The van der Waals surface area contributed by atoms with E-state index >= 15 is 0 Å². The number of nitrogens with one attached hydrogen (secondary N) is 2. The molecule has 0 aliphatic carbocycles. The Bertz CT molecular complexity index is 1320. The van der Waals surface area contributed by atoms with E-state index in [0.717, 1.165) is 15.6 Å². The normalized spacial score (nSPS) is 10.8. The minimum Gasteiger partial charge on any atom is -0.322 e. The van der Waals surface area contributed by atoms with Crippen molar-refractivity contribution in [2.75, 3.05) is 10.6 Å². The minimum atomic E-state index is -0.415. The lowest BCUT2D eigenvalue weighted by Crippen LogP contribution is -2.18. The summed E-state index contributed by atoms with van der Waals surface area (Å²) in [6, 6.07) is 17.4. The maximum Gasteiger partial charge on any atom is 0.267 e. The topological polar surface area (TPSA) is 58.2 Å². The van der Waals surface area contributed by atoms with Crippen molar-refractivity contribution >= 4 is 79.4 Å². The van der Waals surface area contributed by atoms with Crippen LogP contribution in [-0.2, 0) is 0 Å². The Hall–Kier alpha value is -2.57. The Labute approximate surface area is 197 Å². The molecule has 0 fully saturated rings. The first-order valence-electron chi connectivity index (χ1n) is 9.19. The van der Waals surface area contributed by atoms with Crippen molar-refractivity contribution in [1.29, 1.82) is 0 Å². The molecule has 4 nitrogen and oxygen atoms in total. The van der Waals surface area contributed by atoms with E-state index in [1.807, 2.05) is 24.3 Å². The maximum absolute atomic E-state index is 13.0. The molecule has 0 unspecified atom stereocenters. The number of hydrogen-bond acceptors (Lipinski definition) is 3. The van der Waals surface area contributed by atoms with Gasteiger partial charge in [-0.3, -0.25) is 9.59 Å². The van der Waals surface area contributed by atoms with Gasteiger partial charge >= 0.3 is 0 Å². The fourth-order valence-electron chi connectivity index (χ4n) is 3.04. The highest BCUT2D eigenvalue weighted by Crippen LogP contribution is 2.36. The molecule has 1 heterocycles. The van der Waals surface area contributed by atoms with E-state index in [4.69, 9.17) is 34.8 Å². The van der Waals surface area contributed by atoms with Crippen LogP contribution in [0.1, 0.15) is 25.6 Å². The summed E-state index contributed by atoms with van der Waals surface area (Å²) in [7, 11) is 0. The van der Waals surface area contributed by atoms with Crippen LogP contribution in [0.3, 0.4) is 0 Å². The molecule has 0 spiro atoms. The number of anilines is 2. The number of benzene rings is 3. The molecule has 0 radical (unpaired) electrons. The summed E-state index contributed by atoms with van der Waals surface area (Å²) in [4.78, 5) is 26.3. The van der Waals surface area contributed by atoms with Crippen LogP contribution in [0.15, 0.2) is 60.7 Å². The molecule has 0 aliphatic heterocycles. The zero-order chi connectivity index (χ0) is 22.1. The molecule has 156 valence electrons. The van der Waals surface area contributed by atoms with Gasteiger partial charge in [0.25, 0.3) is 11.8 Å². The van der Waals surface area contributed by atoms with Crippen LogP contribution in [0.4, 0.5) is 11.4 Å². The van der Waals surface area contributed by atoms with E-state index in [2.05, 4.69) is 10.6 Å². The molecule has 2 N–H and O–H groups in total. The molecular weight excluding hydrogens is 475 g/mol. The Morgan fingerprint density at radius 1 is 0.871 bits per heavy atom. The van der Waals surface area contributed by atoms with Crippen LogP contribution in [0.25, 0.3) is 10.1 Å². The van der Waals surface area contributed by atoms with Crippen molar-refractivity contribution in [2.24, 2.45) is 0 Å². The van der Waals surface area contributed by atoms with Crippen LogP contribution in [0, 0.1) is 6.92 Å². The summed E-state index contributed by atoms with van der Waals surface area (Å²) in [5.74, 6) is -0.810. The standard InChI is InChI=1S/C23H15Cl3N2O2S/c1-12-10-18(28-23(30)21-20(26)15-4-2-3-5-19(15)31-21)16(11-17(12)25)22(29)27-14-8-6-13(24)7-9-14/h2-11H,1H3,(H,27,29)(H,28,30). The highest BCUT2D eigenvalue weighted by Gasteiger charge is 2.21. The summed E-state index contributed by atoms with van der Waals surface area (Å²) >= 11 is 19.9. The minimum absolute atomic E-state index is 0.233. The predicted molar refractivity (Wildman–Crippen MR) is 130 cm³/mol. The van der Waals surface area contributed by atoms with Crippen molar-refractivity contribution in [1.82, 2.24) is 0 Å². The smallest absolute Gasteiger partial charge is 0.267 e. The highest BCUT2D eigenvalue weighted by molar-refractivity contribution is 7.21. The van der Waals surface area contributed by atoms with Gasteiger partial charge in [0, 0.05) is 25.8 Å². The number of amides is 2. The monoisotopic (exact) mass is 488 g/mol. The number of aryl methyl sites for hydroxylation is 1. The summed E-state index contributed by atoms with van der Waals surface area (Å²) in [6.45, 7) is 1.80. The Kier molecular flexibility index (Phi) is 6.21. The lowest BCUT2D eigenvalue weighted by Gasteiger charge is -2.13. The first-order chi connectivity index (χ1) is 14.8. The van der Waals surface area contributed by atoms with Crippen molar-refractivity contribution in [3.8, 4) is 0 Å². The van der Waals surface area contributed by atoms with Crippen molar-refractivity contribution in [2.45, 2.75) is 6.92 Å². The van der Waals surface area contributed by atoms with Gasteiger partial charge in [0.15, 0.2) is 0 Å². The molecule has 8 heteroatoms. The van der Waals surface area contributed by atoms with Crippen LogP contribution in [0.2, 0.25) is 15.1 Å². The number of thiophene rings is 1. The highest BCUT2D eigenvalue weighted by atomic mass is 35.5. The van der Waals surface area contributed by atoms with Gasteiger partial charge in [0.05, 0.1) is 16.3 Å². The maximum atomic E-state index is 13.0. The van der Waals surface area contributed by atoms with Crippen LogP contribution in [0.5, 0.6) is 0 Å². The molecule has 4 rings (SSSR count). The fraction of sp³-hybridized carbons (Fsp3) is 0.0435. The third kappa shape index (κ3) is 4.55. The number of halogens is 3. The average Bonchev–Trinajstić information content (AvgIpc) is 3.09. The van der Waals surface area contributed by atoms with Gasteiger partial charge in [0.2, 0.25) is 0 Å². The van der Waals surface area contributed by atoms with Crippen LogP contribution >= 0.6 is 46.1 Å². The van der Waals surface area contributed by atoms with Gasteiger partial charge in [-0.2, -0.15) is 0 Å². The quantitative estimate of drug-likeness (QED) is 0.309. The molecular formula is C23H15Cl3N2O2S. The van der Waals surface area contributed by atoms with Crippen molar-refractivity contribution < 1.29 is 9.59 Å². The second-order valence-electron chi connectivity index (χ2n) is 6.80. The Morgan fingerprint density at radius 3 is 2.29 bits per heavy atom. The lowest BCUT2D eigenvalue weighted by molar-refractivity contribution is 0.102. The second-order valence-corrected chi connectivity index (χ2v) is 9.08. The molecule has 0 atom stereocenters. The van der Waals surface area contributed by atoms with Crippen molar-refractivity contribution in [3.05, 3.63) is 91.7 Å². The third-order valence-electron chi connectivity index (χ3n) is 4.63. The molecule has 0 bridgehead atoms. The number of rotatable bonds is 4. The van der Waals surface area contributed by atoms with E-state index < -0.39 is 11.8 Å².